The smallest absolute Gasteiger partial charge is 0.370 e. The van der Waals surface area contributed by atoms with E-state index in [0.717, 1.165) is 37.7 Å². The molecule has 26 heavy (non-hydrogen) atoms. The number of carbonyl (C=O) groups excluding carboxylic acids is 1. The summed E-state index contributed by atoms with van der Waals surface area (Å²) in [6.07, 6.45) is 0.636. The highest BCUT2D eigenvalue weighted by molar-refractivity contribution is 6.05. The molecule has 1 fully saturated rings. The maximum atomic E-state index is 13.1. The van der Waals surface area contributed by atoms with Crippen LogP contribution in [-0.2, 0) is 6.18 Å². The van der Waals surface area contributed by atoms with Gasteiger partial charge in [0.25, 0.3) is 5.91 Å². The van der Waals surface area contributed by atoms with Crippen molar-refractivity contribution in [1.29, 1.82) is 0 Å². The van der Waals surface area contributed by atoms with Crippen LogP contribution in [0.25, 0.3) is 0 Å². The Hall–Kier alpha value is -2.57. The van der Waals surface area contributed by atoms with Gasteiger partial charge in [0, 0.05) is 19.3 Å². The lowest BCUT2D eigenvalue weighted by Crippen LogP contribution is -2.33. The molecule has 0 aliphatic carbocycles. The Kier molecular flexibility index (Phi) is 5.15. The van der Waals surface area contributed by atoms with Crippen LogP contribution >= 0.6 is 0 Å². The molecular formula is C19H20F3N3O. The van der Waals surface area contributed by atoms with Gasteiger partial charge in [0.15, 0.2) is 0 Å². The maximum Gasteiger partial charge on any atom is 0.418 e. The molecule has 1 N–H and O–H groups in total. The summed E-state index contributed by atoms with van der Waals surface area (Å²) < 4.78 is 39.2. The molecule has 2 heterocycles. The number of rotatable bonds is 3. The van der Waals surface area contributed by atoms with Crippen LogP contribution in [0.4, 0.5) is 24.5 Å². The summed E-state index contributed by atoms with van der Waals surface area (Å²) in [6.45, 7) is 3.97. The Morgan fingerprint density at radius 1 is 1.19 bits per heavy atom. The molecule has 0 atom stereocenters. The molecule has 2 aromatic rings. The molecule has 0 saturated carbocycles. The fraction of sp³-hybridized carbons (Fsp3) is 0.368. The third-order valence-electron chi connectivity index (χ3n) is 4.62. The van der Waals surface area contributed by atoms with Crippen LogP contribution in [0.2, 0.25) is 0 Å². The van der Waals surface area contributed by atoms with Crippen molar-refractivity contribution in [1.82, 2.24) is 4.98 Å². The van der Waals surface area contributed by atoms with Crippen molar-refractivity contribution in [2.24, 2.45) is 5.92 Å². The van der Waals surface area contributed by atoms with Gasteiger partial charge in [0.2, 0.25) is 0 Å². The van der Waals surface area contributed by atoms with Crippen molar-refractivity contribution in [2.75, 3.05) is 23.3 Å². The number of piperidine rings is 1. The van der Waals surface area contributed by atoms with E-state index in [0.29, 0.717) is 5.92 Å². The van der Waals surface area contributed by atoms with Gasteiger partial charge < -0.3 is 10.2 Å². The highest BCUT2D eigenvalue weighted by Crippen LogP contribution is 2.34. The van der Waals surface area contributed by atoms with Gasteiger partial charge in [0.05, 0.1) is 28.7 Å². The van der Waals surface area contributed by atoms with Gasteiger partial charge in [-0.15, -0.1) is 0 Å². The number of hydrogen-bond donors (Lipinski definition) is 1. The molecule has 1 amide bonds. The summed E-state index contributed by atoms with van der Waals surface area (Å²) in [6, 6.07) is 6.60. The lowest BCUT2D eigenvalue weighted by molar-refractivity contribution is -0.136. The maximum absolute atomic E-state index is 13.1. The predicted molar refractivity (Wildman–Crippen MR) is 94.2 cm³/mol. The second-order valence-corrected chi connectivity index (χ2v) is 6.60. The molecule has 1 aliphatic rings. The molecule has 0 radical (unpaired) electrons. The first-order valence-corrected chi connectivity index (χ1v) is 8.52. The number of para-hydroxylation sites is 1. The Bertz CT molecular complexity index is 784. The lowest BCUT2D eigenvalue weighted by Gasteiger charge is -2.32. The van der Waals surface area contributed by atoms with Crippen LogP contribution in [-0.4, -0.2) is 24.0 Å². The zero-order valence-corrected chi connectivity index (χ0v) is 14.4. The Labute approximate surface area is 150 Å². The van der Waals surface area contributed by atoms with Crippen LogP contribution < -0.4 is 10.2 Å². The molecule has 0 spiro atoms. The number of halogens is 3. The van der Waals surface area contributed by atoms with Gasteiger partial charge in [0.1, 0.15) is 0 Å². The van der Waals surface area contributed by atoms with Crippen LogP contribution in [0.1, 0.15) is 35.7 Å². The fourth-order valence-electron chi connectivity index (χ4n) is 3.03. The number of nitrogens with zero attached hydrogens (tertiary/aromatic N) is 2. The first-order chi connectivity index (χ1) is 12.3. The Balaban J connectivity index is 1.78. The lowest BCUT2D eigenvalue weighted by atomic mass is 9.99. The zero-order chi connectivity index (χ0) is 18.7. The third-order valence-corrected chi connectivity index (χ3v) is 4.62. The van der Waals surface area contributed by atoms with E-state index >= 15 is 0 Å². The van der Waals surface area contributed by atoms with Gasteiger partial charge >= 0.3 is 6.18 Å². The van der Waals surface area contributed by atoms with Gasteiger partial charge in [-0.25, -0.2) is 0 Å². The van der Waals surface area contributed by atoms with Crippen molar-refractivity contribution in [3.05, 3.63) is 53.9 Å². The average Bonchev–Trinajstić information content (AvgIpc) is 2.62. The topological polar surface area (TPSA) is 45.2 Å². The van der Waals surface area contributed by atoms with Crippen molar-refractivity contribution in [3.63, 3.8) is 0 Å². The van der Waals surface area contributed by atoms with Crippen molar-refractivity contribution < 1.29 is 18.0 Å². The molecule has 0 unspecified atom stereocenters. The SMILES string of the molecule is CC1CCN(c2cncc(C(=O)Nc3ccccc3C(F)(F)F)c2)CC1. The number of aromatic nitrogens is 1. The highest BCUT2D eigenvalue weighted by Gasteiger charge is 2.33. The van der Waals surface area contributed by atoms with E-state index in [9.17, 15) is 18.0 Å². The number of anilines is 2. The van der Waals surface area contributed by atoms with E-state index in [1.54, 1.807) is 12.3 Å². The molecular weight excluding hydrogens is 343 g/mol. The third kappa shape index (κ3) is 4.15. The first-order valence-electron chi connectivity index (χ1n) is 8.52. The number of amides is 1. The van der Waals surface area contributed by atoms with Crippen molar-refractivity contribution >= 4 is 17.3 Å². The van der Waals surface area contributed by atoms with Crippen LogP contribution in [0.15, 0.2) is 42.7 Å². The van der Waals surface area contributed by atoms with Gasteiger partial charge in [-0.2, -0.15) is 13.2 Å². The molecule has 1 aromatic heterocycles. The Morgan fingerprint density at radius 3 is 2.58 bits per heavy atom. The molecule has 3 rings (SSSR count). The van der Waals surface area contributed by atoms with E-state index in [1.165, 1.54) is 24.4 Å². The largest absolute Gasteiger partial charge is 0.418 e. The monoisotopic (exact) mass is 363 g/mol. The molecule has 138 valence electrons. The predicted octanol–water partition coefficient (Wildman–Crippen LogP) is 4.59. The molecule has 1 saturated heterocycles. The molecule has 1 aliphatic heterocycles. The fourth-order valence-corrected chi connectivity index (χ4v) is 3.03. The minimum Gasteiger partial charge on any atom is -0.370 e. The molecule has 7 heteroatoms. The van der Waals surface area contributed by atoms with E-state index in [-0.39, 0.29) is 11.3 Å². The summed E-state index contributed by atoms with van der Waals surface area (Å²) in [5, 5.41) is 2.35. The summed E-state index contributed by atoms with van der Waals surface area (Å²) in [7, 11) is 0. The quantitative estimate of drug-likeness (QED) is 0.868. The minimum atomic E-state index is -4.53. The average molecular weight is 363 g/mol. The normalized spacial score (nSPS) is 15.8. The minimum absolute atomic E-state index is 0.234. The summed E-state index contributed by atoms with van der Waals surface area (Å²) in [5.41, 5.74) is -0.0866. The number of alkyl halides is 3. The molecule has 1 aromatic carbocycles. The van der Waals surface area contributed by atoms with Crippen LogP contribution in [0.3, 0.4) is 0 Å². The number of carbonyl (C=O) groups is 1. The standard InChI is InChI=1S/C19H20F3N3O/c1-13-6-8-25(9-7-13)15-10-14(11-23-12-15)18(26)24-17-5-3-2-4-16(17)19(20,21)22/h2-5,10-13H,6-9H2,1H3,(H,24,26). The second-order valence-electron chi connectivity index (χ2n) is 6.60. The number of pyridine rings is 1. The van der Waals surface area contributed by atoms with Crippen molar-refractivity contribution in [3.8, 4) is 0 Å². The Morgan fingerprint density at radius 2 is 1.88 bits per heavy atom. The number of benzene rings is 1. The van der Waals surface area contributed by atoms with E-state index in [1.807, 2.05) is 0 Å². The first kappa shape index (κ1) is 18.2. The molecule has 4 nitrogen and oxygen atoms in total. The van der Waals surface area contributed by atoms with Gasteiger partial charge in [-0.1, -0.05) is 19.1 Å². The zero-order valence-electron chi connectivity index (χ0n) is 14.4. The number of hydrogen-bond acceptors (Lipinski definition) is 3. The number of nitrogens with one attached hydrogen (secondary N) is 1. The summed E-state index contributed by atoms with van der Waals surface area (Å²) in [5.74, 6) is 0.0611. The van der Waals surface area contributed by atoms with E-state index in [4.69, 9.17) is 0 Å². The van der Waals surface area contributed by atoms with Crippen LogP contribution in [0.5, 0.6) is 0 Å². The summed E-state index contributed by atoms with van der Waals surface area (Å²) >= 11 is 0. The van der Waals surface area contributed by atoms with Gasteiger partial charge in [-0.05, 0) is 37.0 Å². The van der Waals surface area contributed by atoms with E-state index < -0.39 is 17.6 Å². The van der Waals surface area contributed by atoms with E-state index in [2.05, 4.69) is 22.1 Å². The van der Waals surface area contributed by atoms with Gasteiger partial charge in [-0.3, -0.25) is 9.78 Å². The van der Waals surface area contributed by atoms with Crippen LogP contribution in [0, 0.1) is 5.92 Å². The highest BCUT2D eigenvalue weighted by atomic mass is 19.4. The summed E-state index contributed by atoms with van der Waals surface area (Å²) in [4.78, 5) is 18.7. The van der Waals surface area contributed by atoms with Crippen molar-refractivity contribution in [2.45, 2.75) is 25.9 Å². The molecule has 0 bridgehead atoms. The second kappa shape index (κ2) is 7.35.